The highest BCUT2D eigenvalue weighted by molar-refractivity contribution is 5.94. The highest BCUT2D eigenvalue weighted by atomic mass is 19.4. The minimum atomic E-state index is -4.47. The van der Waals surface area contributed by atoms with Crippen molar-refractivity contribution in [2.45, 2.75) is 19.0 Å². The molecule has 0 atom stereocenters. The molecule has 10 nitrogen and oxygen atoms in total. The van der Waals surface area contributed by atoms with Crippen molar-refractivity contribution in [3.63, 3.8) is 0 Å². The predicted octanol–water partition coefficient (Wildman–Crippen LogP) is 3.28. The minimum Gasteiger partial charge on any atom is -0.455 e. The van der Waals surface area contributed by atoms with E-state index in [2.05, 4.69) is 10.3 Å². The summed E-state index contributed by atoms with van der Waals surface area (Å²) in [7, 11) is 0. The highest BCUT2D eigenvalue weighted by Crippen LogP contribution is 2.30. The number of alkyl halides is 3. The van der Waals surface area contributed by atoms with Crippen LogP contribution in [0.1, 0.15) is 24.0 Å². The second kappa shape index (κ2) is 10.2. The first-order chi connectivity index (χ1) is 16.1. The molecule has 34 heavy (non-hydrogen) atoms. The molecule has 1 saturated heterocycles. The number of hydrogen-bond acceptors (Lipinski definition) is 8. The molecule has 13 heteroatoms. The number of aromatic nitrogens is 1. The molecule has 1 aromatic heterocycles. The Balaban J connectivity index is 1.48. The number of carbonyl (C=O) groups excluding carboxylic acids is 2. The van der Waals surface area contributed by atoms with Crippen LogP contribution in [0.3, 0.4) is 0 Å². The normalized spacial score (nSPS) is 14.2. The van der Waals surface area contributed by atoms with Gasteiger partial charge < -0.3 is 15.0 Å². The van der Waals surface area contributed by atoms with Crippen LogP contribution in [-0.2, 0) is 20.5 Å². The maximum absolute atomic E-state index is 12.7. The van der Waals surface area contributed by atoms with Crippen LogP contribution in [0, 0.1) is 27.4 Å². The molecule has 178 valence electrons. The lowest BCUT2D eigenvalue weighted by Gasteiger charge is -2.31. The van der Waals surface area contributed by atoms with Crippen LogP contribution in [-0.4, -0.2) is 41.5 Å². The molecule has 0 saturated carbocycles. The molecule has 0 spiro atoms. The van der Waals surface area contributed by atoms with Crippen molar-refractivity contribution in [1.82, 2.24) is 4.98 Å². The number of carbonyl (C=O) groups is 2. The quantitative estimate of drug-likeness (QED) is 0.380. The molecule has 2 aromatic rings. The van der Waals surface area contributed by atoms with Gasteiger partial charge in [0.2, 0.25) is 0 Å². The lowest BCUT2D eigenvalue weighted by molar-refractivity contribution is -0.384. The first-order valence-electron chi connectivity index (χ1n) is 10.0. The van der Waals surface area contributed by atoms with Crippen LogP contribution >= 0.6 is 0 Å². The summed E-state index contributed by atoms with van der Waals surface area (Å²) in [4.78, 5) is 40.1. The Hall–Kier alpha value is -4.21. The number of rotatable bonds is 6. The summed E-state index contributed by atoms with van der Waals surface area (Å²) < 4.78 is 43.0. The summed E-state index contributed by atoms with van der Waals surface area (Å²) >= 11 is 0. The fourth-order valence-electron chi connectivity index (χ4n) is 3.37. The Labute approximate surface area is 191 Å². The van der Waals surface area contributed by atoms with Gasteiger partial charge in [-0.05, 0) is 31.0 Å². The average Bonchev–Trinajstić information content (AvgIpc) is 2.82. The number of piperidine rings is 1. The number of hydrogen-bond donors (Lipinski definition) is 1. The summed E-state index contributed by atoms with van der Waals surface area (Å²) in [6.07, 6.45) is -2.98. The number of nitrogens with zero attached hydrogens (tertiary/aromatic N) is 4. The monoisotopic (exact) mass is 477 g/mol. The zero-order valence-electron chi connectivity index (χ0n) is 17.5. The maximum Gasteiger partial charge on any atom is 0.417 e. The van der Waals surface area contributed by atoms with Crippen LogP contribution in [0.15, 0.2) is 36.5 Å². The second-order valence-electron chi connectivity index (χ2n) is 7.42. The van der Waals surface area contributed by atoms with E-state index in [0.717, 1.165) is 24.4 Å². The SMILES string of the molecule is N#Cc1cc([N+](=O)[O-])ccc1NC(=O)COC(=O)C1CCN(c2ccc(C(F)(F)F)cn2)CC1. The zero-order chi connectivity index (χ0) is 24.9. The number of nitro groups is 1. The van der Waals surface area contributed by atoms with Gasteiger partial charge in [-0.25, -0.2) is 4.98 Å². The summed E-state index contributed by atoms with van der Waals surface area (Å²) in [5.41, 5.74) is -1.22. The van der Waals surface area contributed by atoms with Crippen molar-refractivity contribution >= 4 is 29.1 Å². The molecule has 1 fully saturated rings. The van der Waals surface area contributed by atoms with E-state index in [9.17, 15) is 32.9 Å². The molecule has 1 aliphatic rings. The molecule has 0 radical (unpaired) electrons. The van der Waals surface area contributed by atoms with E-state index in [1.54, 1.807) is 11.0 Å². The maximum atomic E-state index is 12.7. The van der Waals surface area contributed by atoms with Gasteiger partial charge in [-0.15, -0.1) is 0 Å². The van der Waals surface area contributed by atoms with Gasteiger partial charge in [-0.1, -0.05) is 0 Å². The van der Waals surface area contributed by atoms with Gasteiger partial charge in [0, 0.05) is 31.4 Å². The average molecular weight is 477 g/mol. The third kappa shape index (κ3) is 5.97. The number of ether oxygens (including phenoxy) is 1. The number of pyridine rings is 1. The fraction of sp³-hybridized carbons (Fsp3) is 0.333. The molecule has 0 bridgehead atoms. The number of non-ortho nitro benzene ring substituents is 1. The Kier molecular flexibility index (Phi) is 7.30. The highest BCUT2D eigenvalue weighted by Gasteiger charge is 2.32. The molecule has 1 amide bonds. The summed E-state index contributed by atoms with van der Waals surface area (Å²) in [5.74, 6) is -1.44. The van der Waals surface area contributed by atoms with Gasteiger partial charge in [-0.3, -0.25) is 19.7 Å². The third-order valence-electron chi connectivity index (χ3n) is 5.18. The lowest BCUT2D eigenvalue weighted by Crippen LogP contribution is -2.38. The number of nitriles is 1. The summed E-state index contributed by atoms with van der Waals surface area (Å²) in [6.45, 7) is 0.138. The first kappa shape index (κ1) is 24.4. The van der Waals surface area contributed by atoms with Gasteiger partial charge in [0.05, 0.1) is 27.7 Å². The van der Waals surface area contributed by atoms with E-state index in [1.165, 1.54) is 12.1 Å². The minimum absolute atomic E-state index is 0.0477. The Morgan fingerprint density at radius 1 is 1.26 bits per heavy atom. The first-order valence-corrected chi connectivity index (χ1v) is 10.0. The molecular formula is C21H18F3N5O5. The smallest absolute Gasteiger partial charge is 0.417 e. The van der Waals surface area contributed by atoms with Crippen molar-refractivity contribution in [1.29, 1.82) is 5.26 Å². The number of amides is 1. The number of anilines is 2. The van der Waals surface area contributed by atoms with Crippen LogP contribution in [0.2, 0.25) is 0 Å². The molecule has 2 heterocycles. The number of halogens is 3. The molecule has 0 unspecified atom stereocenters. The number of nitro benzene ring substituents is 1. The molecule has 0 aliphatic carbocycles. The largest absolute Gasteiger partial charge is 0.455 e. The molecule has 3 rings (SSSR count). The Morgan fingerprint density at radius 2 is 1.97 bits per heavy atom. The van der Waals surface area contributed by atoms with E-state index in [4.69, 9.17) is 10.00 Å². The summed E-state index contributed by atoms with van der Waals surface area (Å²) in [6, 6.07) is 7.33. The zero-order valence-corrected chi connectivity index (χ0v) is 17.5. The van der Waals surface area contributed by atoms with Gasteiger partial charge in [0.1, 0.15) is 11.9 Å². The number of nitrogens with one attached hydrogen (secondary N) is 1. The molecule has 1 aliphatic heterocycles. The van der Waals surface area contributed by atoms with E-state index in [1.807, 2.05) is 0 Å². The van der Waals surface area contributed by atoms with Crippen molar-refractivity contribution in [3.8, 4) is 6.07 Å². The van der Waals surface area contributed by atoms with E-state index in [0.29, 0.717) is 31.7 Å². The summed E-state index contributed by atoms with van der Waals surface area (Å²) in [5, 5.41) is 22.3. The Morgan fingerprint density at radius 3 is 2.53 bits per heavy atom. The van der Waals surface area contributed by atoms with Gasteiger partial charge in [0.25, 0.3) is 11.6 Å². The van der Waals surface area contributed by atoms with Crippen molar-refractivity contribution in [2.24, 2.45) is 5.92 Å². The van der Waals surface area contributed by atoms with Crippen molar-refractivity contribution in [2.75, 3.05) is 29.9 Å². The molecule has 1 N–H and O–H groups in total. The fourth-order valence-corrected chi connectivity index (χ4v) is 3.37. The topological polar surface area (TPSA) is 138 Å². The standard InChI is InChI=1S/C21H18F3N5O5/c22-21(23,24)15-1-4-18(26-11-15)28-7-5-13(6-8-28)20(31)34-12-19(30)27-17-3-2-16(29(32)33)9-14(17)10-25/h1-4,9,11,13H,5-8,12H2,(H,27,30). The predicted molar refractivity (Wildman–Crippen MR) is 112 cm³/mol. The Bertz CT molecular complexity index is 1120. The van der Waals surface area contributed by atoms with Gasteiger partial charge in [0.15, 0.2) is 6.61 Å². The number of benzene rings is 1. The van der Waals surface area contributed by atoms with E-state index < -0.39 is 41.1 Å². The van der Waals surface area contributed by atoms with Crippen molar-refractivity contribution in [3.05, 3.63) is 57.8 Å². The third-order valence-corrected chi connectivity index (χ3v) is 5.18. The van der Waals surface area contributed by atoms with Crippen LogP contribution in [0.4, 0.5) is 30.4 Å². The molecular weight excluding hydrogens is 459 g/mol. The lowest BCUT2D eigenvalue weighted by atomic mass is 9.97. The van der Waals surface area contributed by atoms with E-state index >= 15 is 0 Å². The second-order valence-corrected chi connectivity index (χ2v) is 7.42. The van der Waals surface area contributed by atoms with Crippen LogP contribution < -0.4 is 10.2 Å². The van der Waals surface area contributed by atoms with Gasteiger partial charge >= 0.3 is 12.1 Å². The molecule has 1 aromatic carbocycles. The van der Waals surface area contributed by atoms with Gasteiger partial charge in [-0.2, -0.15) is 18.4 Å². The van der Waals surface area contributed by atoms with Crippen LogP contribution in [0.25, 0.3) is 0 Å². The number of esters is 1. The van der Waals surface area contributed by atoms with E-state index in [-0.39, 0.29) is 16.9 Å². The van der Waals surface area contributed by atoms with Crippen molar-refractivity contribution < 1.29 is 32.4 Å². The van der Waals surface area contributed by atoms with Crippen LogP contribution in [0.5, 0.6) is 0 Å².